The highest BCUT2D eigenvalue weighted by Gasteiger charge is 2.27. The average Bonchev–Trinajstić information content (AvgIpc) is 3.03. The Labute approximate surface area is 167 Å². The highest BCUT2D eigenvalue weighted by molar-refractivity contribution is 6.05. The lowest BCUT2D eigenvalue weighted by Crippen LogP contribution is -2.31. The molecule has 3 rings (SSSR count). The lowest BCUT2D eigenvalue weighted by atomic mass is 9.99. The van der Waals surface area contributed by atoms with E-state index in [2.05, 4.69) is 10.6 Å². The second-order valence-electron chi connectivity index (χ2n) is 6.48. The number of nitrogens with one attached hydrogen (secondary N) is 2. The van der Waals surface area contributed by atoms with Gasteiger partial charge >= 0.3 is 5.97 Å². The van der Waals surface area contributed by atoms with Crippen molar-refractivity contribution in [1.82, 2.24) is 5.32 Å². The van der Waals surface area contributed by atoms with E-state index in [4.69, 9.17) is 9.47 Å². The number of carbonyl (C=O) groups excluding carboxylic acids is 4. The van der Waals surface area contributed by atoms with E-state index in [1.807, 2.05) is 0 Å². The molecule has 0 unspecified atom stereocenters. The Balaban J connectivity index is 1.51. The maximum absolute atomic E-state index is 12.3. The van der Waals surface area contributed by atoms with Gasteiger partial charge < -0.3 is 20.1 Å². The molecule has 2 N–H and O–H groups in total. The molecule has 2 amide bonds. The maximum Gasteiger partial charge on any atom is 0.325 e. The van der Waals surface area contributed by atoms with Crippen molar-refractivity contribution in [2.24, 2.45) is 0 Å². The van der Waals surface area contributed by atoms with Crippen LogP contribution in [-0.2, 0) is 14.3 Å². The van der Waals surface area contributed by atoms with E-state index in [0.717, 1.165) is 5.56 Å². The number of anilines is 1. The number of esters is 1. The molecule has 150 valence electrons. The maximum atomic E-state index is 12.3. The molecule has 0 aliphatic carbocycles. The molecule has 1 atom stereocenters. The van der Waals surface area contributed by atoms with Crippen molar-refractivity contribution in [3.05, 3.63) is 59.2 Å². The van der Waals surface area contributed by atoms with Crippen molar-refractivity contribution in [2.75, 3.05) is 25.6 Å². The molecular weight excluding hydrogens is 376 g/mol. The van der Waals surface area contributed by atoms with Crippen LogP contribution in [0, 0.1) is 0 Å². The van der Waals surface area contributed by atoms with Gasteiger partial charge in [-0.3, -0.25) is 19.2 Å². The normalized spacial score (nSPS) is 14.6. The number of amides is 2. The van der Waals surface area contributed by atoms with Gasteiger partial charge in [-0.1, -0.05) is 12.1 Å². The first-order valence-electron chi connectivity index (χ1n) is 8.95. The largest absolute Gasteiger partial charge is 0.496 e. The molecule has 0 fully saturated rings. The van der Waals surface area contributed by atoms with Crippen LogP contribution in [0.5, 0.6) is 5.75 Å². The molecule has 0 saturated carbocycles. The summed E-state index contributed by atoms with van der Waals surface area (Å²) in [6, 6.07) is 11.4. The van der Waals surface area contributed by atoms with Crippen LogP contribution in [0.4, 0.5) is 5.69 Å². The molecule has 2 aromatic carbocycles. The van der Waals surface area contributed by atoms with Gasteiger partial charge in [-0.2, -0.15) is 0 Å². The van der Waals surface area contributed by atoms with Crippen LogP contribution >= 0.6 is 0 Å². The highest BCUT2D eigenvalue weighted by Crippen LogP contribution is 2.32. The van der Waals surface area contributed by atoms with Gasteiger partial charge in [0.2, 0.25) is 5.91 Å². The van der Waals surface area contributed by atoms with Gasteiger partial charge in [-0.05, 0) is 42.8 Å². The second kappa shape index (κ2) is 8.55. The Hall–Kier alpha value is -3.68. The lowest BCUT2D eigenvalue weighted by molar-refractivity contribution is -0.141. The van der Waals surface area contributed by atoms with Crippen LogP contribution in [0.15, 0.2) is 42.5 Å². The van der Waals surface area contributed by atoms with Crippen molar-refractivity contribution in [2.45, 2.75) is 12.8 Å². The fourth-order valence-electron chi connectivity index (χ4n) is 2.95. The molecule has 1 aliphatic heterocycles. The molecule has 0 radical (unpaired) electrons. The van der Waals surface area contributed by atoms with E-state index in [1.165, 1.54) is 7.11 Å². The van der Waals surface area contributed by atoms with Gasteiger partial charge in [0.1, 0.15) is 12.3 Å². The molecule has 29 heavy (non-hydrogen) atoms. The van der Waals surface area contributed by atoms with Gasteiger partial charge in [0.15, 0.2) is 12.4 Å². The number of carbonyl (C=O) groups is 4. The van der Waals surface area contributed by atoms with Gasteiger partial charge in [0, 0.05) is 11.3 Å². The van der Waals surface area contributed by atoms with Crippen molar-refractivity contribution in [1.29, 1.82) is 0 Å². The van der Waals surface area contributed by atoms with Crippen LogP contribution in [-0.4, -0.2) is 43.8 Å². The first-order valence-corrected chi connectivity index (χ1v) is 8.95. The SMILES string of the molecule is COc1ccccc1C(=O)NCC(=O)OCC(=O)c1ccc2c(c1)[C@H](C)C(=O)N2. The molecule has 8 heteroatoms. The molecule has 1 aliphatic rings. The Morgan fingerprint density at radius 1 is 1.14 bits per heavy atom. The van der Waals surface area contributed by atoms with Crippen LogP contribution in [0.1, 0.15) is 39.1 Å². The number of fused-ring (bicyclic) bond motifs is 1. The number of hydrogen-bond acceptors (Lipinski definition) is 6. The summed E-state index contributed by atoms with van der Waals surface area (Å²) in [7, 11) is 1.44. The number of ketones is 1. The third-order valence-electron chi connectivity index (χ3n) is 4.60. The minimum Gasteiger partial charge on any atom is -0.496 e. The van der Waals surface area contributed by atoms with Crippen molar-refractivity contribution >= 4 is 29.3 Å². The Bertz CT molecular complexity index is 985. The summed E-state index contributed by atoms with van der Waals surface area (Å²) in [4.78, 5) is 48.0. The topological polar surface area (TPSA) is 111 Å². The zero-order chi connectivity index (χ0) is 21.0. The molecular formula is C21H20N2O6. The fraction of sp³-hybridized carbons (Fsp3) is 0.238. The molecule has 8 nitrogen and oxygen atoms in total. The highest BCUT2D eigenvalue weighted by atomic mass is 16.5. The first-order chi connectivity index (χ1) is 13.9. The van der Waals surface area contributed by atoms with E-state index in [9.17, 15) is 19.2 Å². The van der Waals surface area contributed by atoms with E-state index < -0.39 is 24.3 Å². The summed E-state index contributed by atoms with van der Waals surface area (Å²) in [5, 5.41) is 5.16. The van der Waals surface area contributed by atoms with Gasteiger partial charge in [-0.15, -0.1) is 0 Å². The lowest BCUT2D eigenvalue weighted by Gasteiger charge is -2.09. The monoisotopic (exact) mass is 396 g/mol. The Kier molecular flexibility index (Phi) is 5.92. The molecule has 0 bridgehead atoms. The van der Waals surface area contributed by atoms with E-state index in [-0.39, 0.29) is 23.9 Å². The summed E-state index contributed by atoms with van der Waals surface area (Å²) in [6.07, 6.45) is 0. The summed E-state index contributed by atoms with van der Waals surface area (Å²) in [5.41, 5.74) is 2.04. The van der Waals surface area contributed by atoms with Crippen LogP contribution in [0.3, 0.4) is 0 Å². The van der Waals surface area contributed by atoms with Crippen molar-refractivity contribution < 1.29 is 28.7 Å². The average molecular weight is 396 g/mol. The van der Waals surface area contributed by atoms with E-state index in [1.54, 1.807) is 49.4 Å². The number of methoxy groups -OCH3 is 1. The Morgan fingerprint density at radius 2 is 1.90 bits per heavy atom. The number of hydrogen-bond donors (Lipinski definition) is 2. The zero-order valence-corrected chi connectivity index (χ0v) is 16.0. The summed E-state index contributed by atoms with van der Waals surface area (Å²) in [5.74, 6) is -1.72. The van der Waals surface area contributed by atoms with Crippen LogP contribution < -0.4 is 15.4 Å². The summed E-state index contributed by atoms with van der Waals surface area (Å²) >= 11 is 0. The van der Waals surface area contributed by atoms with Crippen molar-refractivity contribution in [3.8, 4) is 5.75 Å². The third kappa shape index (κ3) is 4.43. The predicted octanol–water partition coefficient (Wildman–Crippen LogP) is 1.91. The first kappa shape index (κ1) is 20.1. The Morgan fingerprint density at radius 3 is 2.66 bits per heavy atom. The molecule has 0 aromatic heterocycles. The third-order valence-corrected chi connectivity index (χ3v) is 4.60. The fourth-order valence-corrected chi connectivity index (χ4v) is 2.95. The van der Waals surface area contributed by atoms with Crippen LogP contribution in [0.25, 0.3) is 0 Å². The number of ether oxygens (including phenoxy) is 2. The second-order valence-corrected chi connectivity index (χ2v) is 6.48. The number of Topliss-reactive ketones (excluding diaryl/α,β-unsaturated/α-hetero) is 1. The minimum atomic E-state index is -0.743. The molecule has 0 spiro atoms. The molecule has 2 aromatic rings. The number of benzene rings is 2. The predicted molar refractivity (Wildman–Crippen MR) is 104 cm³/mol. The summed E-state index contributed by atoms with van der Waals surface area (Å²) in [6.45, 7) is 0.904. The minimum absolute atomic E-state index is 0.123. The molecule has 0 saturated heterocycles. The van der Waals surface area contributed by atoms with Crippen LogP contribution in [0.2, 0.25) is 0 Å². The summed E-state index contributed by atoms with van der Waals surface area (Å²) < 4.78 is 10.1. The van der Waals surface area contributed by atoms with Gasteiger partial charge in [0.05, 0.1) is 18.6 Å². The smallest absolute Gasteiger partial charge is 0.325 e. The quantitative estimate of drug-likeness (QED) is 0.546. The zero-order valence-electron chi connectivity index (χ0n) is 16.0. The standard InChI is InChI=1S/C21H20N2O6/c1-12-15-9-13(7-8-16(15)23-20(12)26)17(24)11-29-19(25)10-22-21(27)14-5-3-4-6-18(14)28-2/h3-9,12H,10-11H2,1-2H3,(H,22,27)(H,23,26)/t12-/m0/s1. The van der Waals surface area contributed by atoms with E-state index in [0.29, 0.717) is 17.0 Å². The number of para-hydroxylation sites is 1. The number of rotatable bonds is 7. The van der Waals surface area contributed by atoms with Gasteiger partial charge in [-0.25, -0.2) is 0 Å². The molecule has 1 heterocycles. The van der Waals surface area contributed by atoms with E-state index >= 15 is 0 Å². The van der Waals surface area contributed by atoms with Crippen molar-refractivity contribution in [3.63, 3.8) is 0 Å². The van der Waals surface area contributed by atoms with Gasteiger partial charge in [0.25, 0.3) is 5.91 Å².